The maximum atomic E-state index is 13.4. The Balaban J connectivity index is 1.95. The summed E-state index contributed by atoms with van der Waals surface area (Å²) in [5.41, 5.74) is 1.90. The summed E-state index contributed by atoms with van der Waals surface area (Å²) < 4.78 is 1.72. The second-order valence-electron chi connectivity index (χ2n) is 6.18. The predicted molar refractivity (Wildman–Crippen MR) is 106 cm³/mol. The number of rotatable bonds is 3. The van der Waals surface area contributed by atoms with Crippen molar-refractivity contribution >= 4 is 39.2 Å². The first-order valence-electron chi connectivity index (χ1n) is 8.61. The van der Waals surface area contributed by atoms with Gasteiger partial charge in [0.1, 0.15) is 4.83 Å². The fraction of sp³-hybridized carbons (Fsp3) is 0.316. The predicted octanol–water partition coefficient (Wildman–Crippen LogP) is 3.46. The fourth-order valence-corrected chi connectivity index (χ4v) is 5.34. The van der Waals surface area contributed by atoms with Gasteiger partial charge in [0, 0.05) is 18.3 Å². The highest BCUT2D eigenvalue weighted by Gasteiger charge is 2.26. The Hall–Kier alpha value is -2.12. The van der Waals surface area contributed by atoms with Crippen molar-refractivity contribution in [1.29, 1.82) is 0 Å². The Kier molecular flexibility index (Phi) is 4.58. The first-order valence-corrected chi connectivity index (χ1v) is 10.4. The van der Waals surface area contributed by atoms with Crippen LogP contribution in [0.3, 0.4) is 0 Å². The van der Waals surface area contributed by atoms with Crippen LogP contribution in [0.5, 0.6) is 0 Å². The number of fused-ring (bicyclic) bond motifs is 3. The molecule has 0 bridgehead atoms. The van der Waals surface area contributed by atoms with Crippen molar-refractivity contribution in [3.63, 3.8) is 0 Å². The van der Waals surface area contributed by atoms with Gasteiger partial charge in [0.05, 0.1) is 17.6 Å². The number of carbonyl (C=O) groups is 1. The van der Waals surface area contributed by atoms with Crippen molar-refractivity contribution in [2.75, 3.05) is 12.3 Å². The summed E-state index contributed by atoms with van der Waals surface area (Å²) in [5, 5.41) is 1.44. The molecule has 4 rings (SSSR count). The third-order valence-corrected chi connectivity index (χ3v) is 6.51. The van der Waals surface area contributed by atoms with E-state index in [1.54, 1.807) is 34.6 Å². The zero-order valence-corrected chi connectivity index (χ0v) is 16.3. The highest BCUT2D eigenvalue weighted by atomic mass is 32.2. The highest BCUT2D eigenvalue weighted by Crippen LogP contribution is 2.34. The monoisotopic (exact) mass is 385 g/mol. The van der Waals surface area contributed by atoms with Crippen molar-refractivity contribution in [3.8, 4) is 5.69 Å². The van der Waals surface area contributed by atoms with Crippen molar-refractivity contribution in [1.82, 2.24) is 14.5 Å². The summed E-state index contributed by atoms with van der Waals surface area (Å²) in [5.74, 6) is 0.915. The van der Waals surface area contributed by atoms with E-state index >= 15 is 0 Å². The Morgan fingerprint density at radius 2 is 2.08 bits per heavy atom. The van der Waals surface area contributed by atoms with E-state index in [1.807, 2.05) is 35.2 Å². The fourth-order valence-electron chi connectivity index (χ4n) is 3.32. The molecule has 0 N–H and O–H groups in total. The Morgan fingerprint density at radius 3 is 2.77 bits per heavy atom. The van der Waals surface area contributed by atoms with E-state index < -0.39 is 0 Å². The minimum atomic E-state index is -0.00840. The molecule has 1 aromatic carbocycles. The zero-order valence-electron chi connectivity index (χ0n) is 14.7. The number of benzene rings is 1. The number of carbonyl (C=O) groups excluding carboxylic acids is 1. The van der Waals surface area contributed by atoms with E-state index in [1.165, 1.54) is 0 Å². The first-order chi connectivity index (χ1) is 12.6. The van der Waals surface area contributed by atoms with Gasteiger partial charge >= 0.3 is 0 Å². The van der Waals surface area contributed by atoms with Crippen LogP contribution >= 0.6 is 23.1 Å². The van der Waals surface area contributed by atoms with Crippen LogP contribution in [-0.2, 0) is 17.8 Å². The van der Waals surface area contributed by atoms with Crippen LogP contribution in [-0.4, -0.2) is 32.7 Å². The Morgan fingerprint density at radius 1 is 1.31 bits per heavy atom. The van der Waals surface area contributed by atoms with Crippen LogP contribution in [0.1, 0.15) is 24.3 Å². The smallest absolute Gasteiger partial charge is 0.267 e. The van der Waals surface area contributed by atoms with Gasteiger partial charge in [-0.3, -0.25) is 14.2 Å². The van der Waals surface area contributed by atoms with Gasteiger partial charge in [-0.1, -0.05) is 36.9 Å². The number of hydrogen-bond acceptors (Lipinski definition) is 5. The lowest BCUT2D eigenvalue weighted by molar-refractivity contribution is -0.129. The Labute approximate surface area is 159 Å². The molecule has 1 aliphatic rings. The zero-order chi connectivity index (χ0) is 18.3. The third kappa shape index (κ3) is 2.85. The van der Waals surface area contributed by atoms with Crippen molar-refractivity contribution in [2.45, 2.75) is 32.0 Å². The van der Waals surface area contributed by atoms with Crippen LogP contribution in [0.4, 0.5) is 0 Å². The molecule has 0 aliphatic carbocycles. The van der Waals surface area contributed by atoms with Gasteiger partial charge in [0.2, 0.25) is 5.91 Å². The van der Waals surface area contributed by atoms with E-state index in [2.05, 4.69) is 6.92 Å². The molecule has 134 valence electrons. The maximum absolute atomic E-state index is 13.4. The lowest BCUT2D eigenvalue weighted by Crippen LogP contribution is -2.34. The van der Waals surface area contributed by atoms with Gasteiger partial charge in [-0.25, -0.2) is 4.98 Å². The molecule has 0 fully saturated rings. The second-order valence-corrected chi connectivity index (χ2v) is 8.49. The number of aromatic nitrogens is 2. The van der Waals surface area contributed by atoms with Gasteiger partial charge in [-0.15, -0.1) is 11.3 Å². The average molecular weight is 386 g/mol. The summed E-state index contributed by atoms with van der Waals surface area (Å²) in [6.45, 7) is 4.88. The largest absolute Gasteiger partial charge is 0.337 e. The minimum absolute atomic E-state index is 0.00840. The SMILES string of the molecule is CCSc1nc2sc3c(c2c(=O)n1-c1ccccc1)CCN(C(C)=O)C3. The summed E-state index contributed by atoms with van der Waals surface area (Å²) in [6.07, 6.45) is 0.709. The van der Waals surface area contributed by atoms with Crippen LogP contribution in [0.25, 0.3) is 15.9 Å². The summed E-state index contributed by atoms with van der Waals surface area (Å²) >= 11 is 3.12. The highest BCUT2D eigenvalue weighted by molar-refractivity contribution is 7.99. The van der Waals surface area contributed by atoms with Crippen LogP contribution in [0, 0.1) is 0 Å². The number of thiophene rings is 1. The summed E-state index contributed by atoms with van der Waals surface area (Å²) in [7, 11) is 0. The van der Waals surface area contributed by atoms with E-state index in [9.17, 15) is 9.59 Å². The molecule has 3 heterocycles. The van der Waals surface area contributed by atoms with Gasteiger partial charge in [0.15, 0.2) is 5.16 Å². The van der Waals surface area contributed by atoms with Crippen molar-refractivity contribution in [3.05, 3.63) is 51.1 Å². The normalized spacial score (nSPS) is 13.8. The molecule has 0 radical (unpaired) electrons. The number of para-hydroxylation sites is 1. The molecule has 5 nitrogen and oxygen atoms in total. The second kappa shape index (κ2) is 6.89. The molecule has 7 heteroatoms. The van der Waals surface area contributed by atoms with Gasteiger partial charge in [0.25, 0.3) is 5.56 Å². The molecule has 0 saturated carbocycles. The molecule has 1 aliphatic heterocycles. The number of nitrogens with zero attached hydrogens (tertiary/aromatic N) is 3. The van der Waals surface area contributed by atoms with E-state index in [0.29, 0.717) is 19.5 Å². The van der Waals surface area contributed by atoms with Crippen LogP contribution < -0.4 is 5.56 Å². The van der Waals surface area contributed by atoms with Gasteiger partial charge < -0.3 is 4.90 Å². The standard InChI is InChI=1S/C19H19N3O2S2/c1-3-25-19-20-17-16(18(24)22(19)13-7-5-4-6-8-13)14-9-10-21(12(2)23)11-15(14)26-17/h4-8H,3,9-11H2,1-2H3. The number of thioether (sulfide) groups is 1. The van der Waals surface area contributed by atoms with Gasteiger partial charge in [-0.2, -0.15) is 0 Å². The van der Waals surface area contributed by atoms with Crippen LogP contribution in [0.15, 0.2) is 40.3 Å². The molecule has 0 atom stereocenters. The summed E-state index contributed by atoms with van der Waals surface area (Å²) in [4.78, 5) is 33.6. The van der Waals surface area contributed by atoms with E-state index in [4.69, 9.17) is 4.98 Å². The van der Waals surface area contributed by atoms with E-state index in [0.717, 1.165) is 37.3 Å². The first kappa shape index (κ1) is 17.3. The quantitative estimate of drug-likeness (QED) is 0.512. The average Bonchev–Trinajstić information content (AvgIpc) is 3.00. The molecule has 26 heavy (non-hydrogen) atoms. The summed E-state index contributed by atoms with van der Waals surface area (Å²) in [6, 6.07) is 9.67. The lowest BCUT2D eigenvalue weighted by Gasteiger charge is -2.25. The Bertz CT molecular complexity index is 1040. The van der Waals surface area contributed by atoms with Crippen molar-refractivity contribution in [2.24, 2.45) is 0 Å². The van der Waals surface area contributed by atoms with E-state index in [-0.39, 0.29) is 11.5 Å². The molecular weight excluding hydrogens is 366 g/mol. The molecule has 3 aromatic rings. The van der Waals surface area contributed by atoms with Crippen molar-refractivity contribution < 1.29 is 4.79 Å². The molecule has 1 amide bonds. The molecular formula is C19H19N3O2S2. The minimum Gasteiger partial charge on any atom is -0.337 e. The number of amides is 1. The van der Waals surface area contributed by atoms with Gasteiger partial charge in [-0.05, 0) is 29.9 Å². The molecule has 0 unspecified atom stereocenters. The molecule has 0 saturated heterocycles. The topological polar surface area (TPSA) is 55.2 Å². The maximum Gasteiger partial charge on any atom is 0.267 e. The lowest BCUT2D eigenvalue weighted by atomic mass is 10.1. The third-order valence-electron chi connectivity index (χ3n) is 4.58. The molecule has 2 aromatic heterocycles. The number of hydrogen-bond donors (Lipinski definition) is 0. The molecule has 0 spiro atoms. The van der Waals surface area contributed by atoms with Crippen LogP contribution in [0.2, 0.25) is 0 Å².